The van der Waals surface area contributed by atoms with Crippen LogP contribution in [0.25, 0.3) is 5.57 Å². The van der Waals surface area contributed by atoms with Gasteiger partial charge in [0.1, 0.15) is 6.04 Å². The highest BCUT2D eigenvalue weighted by Crippen LogP contribution is 2.32. The Kier molecular flexibility index (Phi) is 7.28. The number of anilines is 1. The van der Waals surface area contributed by atoms with E-state index in [9.17, 15) is 19.2 Å². The molecule has 1 N–H and O–H groups in total. The van der Waals surface area contributed by atoms with E-state index in [1.807, 2.05) is 67.6 Å². The molecule has 1 unspecified atom stereocenters. The van der Waals surface area contributed by atoms with E-state index in [1.54, 1.807) is 0 Å². The lowest BCUT2D eigenvalue weighted by Gasteiger charge is -2.33. The van der Waals surface area contributed by atoms with Crippen LogP contribution in [0.2, 0.25) is 5.02 Å². The van der Waals surface area contributed by atoms with Crippen LogP contribution in [-0.2, 0) is 16.0 Å². The smallest absolute Gasteiger partial charge is 0.247 e. The minimum Gasteiger partial charge on any atom is -0.326 e. The Labute approximate surface area is 208 Å². The zero-order valence-corrected chi connectivity index (χ0v) is 19.8. The van der Waals surface area contributed by atoms with Gasteiger partial charge in [0.25, 0.3) is 0 Å². The fourth-order valence-corrected chi connectivity index (χ4v) is 4.32. The molecule has 1 aliphatic heterocycles. The minimum atomic E-state index is -0.774. The van der Waals surface area contributed by atoms with Crippen molar-refractivity contribution in [2.75, 3.05) is 11.9 Å². The number of amides is 2. The van der Waals surface area contributed by atoms with Crippen molar-refractivity contribution in [3.8, 4) is 6.07 Å². The lowest BCUT2D eigenvalue weighted by molar-refractivity contribution is -0.135. The number of nitriles is 1. The van der Waals surface area contributed by atoms with Crippen molar-refractivity contribution in [2.24, 2.45) is 0 Å². The van der Waals surface area contributed by atoms with Gasteiger partial charge in [-0.25, -0.2) is 4.39 Å². The zero-order valence-electron chi connectivity index (χ0n) is 19.1. The van der Waals surface area contributed by atoms with Crippen molar-refractivity contribution in [3.63, 3.8) is 0 Å². The van der Waals surface area contributed by atoms with Crippen LogP contribution in [-0.4, -0.2) is 29.3 Å². The number of aryl methyl sites for hydroxylation is 1. The molecule has 5 nitrogen and oxygen atoms in total. The van der Waals surface area contributed by atoms with Gasteiger partial charge in [0, 0.05) is 30.3 Å². The van der Waals surface area contributed by atoms with Gasteiger partial charge >= 0.3 is 0 Å². The number of carbonyl (C=O) groups excluding carboxylic acids is 2. The summed E-state index contributed by atoms with van der Waals surface area (Å²) < 4.78 is 14.8. The number of nitrogens with one attached hydrogen (secondary N) is 1. The molecule has 176 valence electrons. The highest BCUT2D eigenvalue weighted by atomic mass is 35.5. The normalized spacial score (nSPS) is 14.2. The minimum absolute atomic E-state index is 0.0386. The first kappa shape index (κ1) is 24.2. The third-order valence-electron chi connectivity index (χ3n) is 6.01. The summed E-state index contributed by atoms with van der Waals surface area (Å²) in [5.41, 5.74) is 3.15. The number of carbonyl (C=O) groups is 2. The third-order valence-corrected chi connectivity index (χ3v) is 6.30. The van der Waals surface area contributed by atoms with Crippen molar-refractivity contribution in [2.45, 2.75) is 25.8 Å². The maximum atomic E-state index is 14.8. The number of benzene rings is 3. The molecule has 0 saturated heterocycles. The van der Waals surface area contributed by atoms with E-state index in [0.29, 0.717) is 17.7 Å². The van der Waals surface area contributed by atoms with Gasteiger partial charge < -0.3 is 10.2 Å². The van der Waals surface area contributed by atoms with E-state index < -0.39 is 17.8 Å². The fourth-order valence-electron chi connectivity index (χ4n) is 4.16. The molecule has 1 heterocycles. The van der Waals surface area contributed by atoms with Gasteiger partial charge in [-0.05, 0) is 48.7 Å². The molecule has 2 amide bonds. The van der Waals surface area contributed by atoms with Crippen molar-refractivity contribution in [1.29, 1.82) is 5.26 Å². The molecule has 0 aliphatic carbocycles. The summed E-state index contributed by atoms with van der Waals surface area (Å²) in [5.74, 6) is -1.46. The second-order valence-corrected chi connectivity index (χ2v) is 8.81. The number of hydrogen-bond acceptors (Lipinski definition) is 3. The molecule has 0 fully saturated rings. The Hall–Kier alpha value is -3.95. The average molecular weight is 488 g/mol. The predicted molar refractivity (Wildman–Crippen MR) is 134 cm³/mol. The first-order valence-electron chi connectivity index (χ1n) is 11.2. The van der Waals surface area contributed by atoms with Gasteiger partial charge in [-0.2, -0.15) is 5.26 Å². The largest absolute Gasteiger partial charge is 0.326 e. The van der Waals surface area contributed by atoms with Crippen LogP contribution in [0, 0.1) is 24.1 Å². The van der Waals surface area contributed by atoms with Gasteiger partial charge in [0.05, 0.1) is 16.7 Å². The number of nitrogens with zero attached hydrogens (tertiary/aromatic N) is 2. The standard InChI is InChI=1S/C28H23ClFN3O2/c1-18-7-10-22(11-8-18)32-28(35)24(15-19-5-3-2-4-6-19)33-14-13-20(16-25(33)34)26-21(17-31)9-12-23(29)27(26)30/h2-12,16,24H,13-15H2,1H3,(H,32,35). The molecule has 1 atom stereocenters. The molecular weight excluding hydrogens is 465 g/mol. The van der Waals surface area contributed by atoms with Crippen LogP contribution in [0.5, 0.6) is 0 Å². The number of rotatable bonds is 6. The molecule has 0 saturated carbocycles. The van der Waals surface area contributed by atoms with E-state index in [1.165, 1.54) is 23.1 Å². The predicted octanol–water partition coefficient (Wildman–Crippen LogP) is 5.52. The quantitative estimate of drug-likeness (QED) is 0.497. The van der Waals surface area contributed by atoms with Crippen LogP contribution < -0.4 is 5.32 Å². The first-order chi connectivity index (χ1) is 16.9. The molecule has 0 bridgehead atoms. The Balaban J connectivity index is 1.64. The monoisotopic (exact) mass is 487 g/mol. The SMILES string of the molecule is Cc1ccc(NC(=O)C(Cc2ccccc2)N2CCC(c3c(C#N)ccc(Cl)c3F)=CC2=O)cc1. The summed E-state index contributed by atoms with van der Waals surface area (Å²) in [7, 11) is 0. The van der Waals surface area contributed by atoms with Crippen LogP contribution in [0.15, 0.2) is 72.8 Å². The summed E-state index contributed by atoms with van der Waals surface area (Å²) in [6, 6.07) is 20.8. The highest BCUT2D eigenvalue weighted by Gasteiger charge is 2.33. The van der Waals surface area contributed by atoms with Crippen molar-refractivity contribution in [3.05, 3.63) is 106 Å². The average Bonchev–Trinajstić information content (AvgIpc) is 2.86. The van der Waals surface area contributed by atoms with E-state index in [-0.39, 0.29) is 35.0 Å². The van der Waals surface area contributed by atoms with Gasteiger partial charge in [-0.3, -0.25) is 9.59 Å². The van der Waals surface area contributed by atoms with Crippen molar-refractivity contribution >= 4 is 34.7 Å². The van der Waals surface area contributed by atoms with E-state index in [2.05, 4.69) is 5.32 Å². The number of hydrogen-bond donors (Lipinski definition) is 1. The summed E-state index contributed by atoms with van der Waals surface area (Å²) in [6.45, 7) is 2.15. The highest BCUT2D eigenvalue weighted by molar-refractivity contribution is 6.31. The Morgan fingerprint density at radius 2 is 1.86 bits per heavy atom. The van der Waals surface area contributed by atoms with Gasteiger partial charge in [0.2, 0.25) is 11.8 Å². The molecule has 35 heavy (non-hydrogen) atoms. The van der Waals surface area contributed by atoms with Gasteiger partial charge in [-0.15, -0.1) is 0 Å². The summed E-state index contributed by atoms with van der Waals surface area (Å²) in [4.78, 5) is 28.1. The molecule has 0 radical (unpaired) electrons. The summed E-state index contributed by atoms with van der Waals surface area (Å²) in [6.07, 6.45) is 1.90. The van der Waals surface area contributed by atoms with Gasteiger partial charge in [-0.1, -0.05) is 59.6 Å². The molecule has 0 aromatic heterocycles. The Morgan fingerprint density at radius 1 is 1.14 bits per heavy atom. The van der Waals surface area contributed by atoms with Crippen molar-refractivity contribution in [1.82, 2.24) is 4.90 Å². The molecule has 3 aromatic rings. The first-order valence-corrected chi connectivity index (χ1v) is 11.6. The number of halogens is 2. The van der Waals surface area contributed by atoms with Crippen LogP contribution in [0.3, 0.4) is 0 Å². The molecule has 4 rings (SSSR count). The second kappa shape index (κ2) is 10.5. The van der Waals surface area contributed by atoms with Crippen LogP contribution in [0.4, 0.5) is 10.1 Å². The molecular formula is C28H23ClFN3O2. The Morgan fingerprint density at radius 3 is 2.51 bits per heavy atom. The van der Waals surface area contributed by atoms with Crippen LogP contribution >= 0.6 is 11.6 Å². The molecule has 1 aliphatic rings. The lowest BCUT2D eigenvalue weighted by Crippen LogP contribution is -2.49. The maximum Gasteiger partial charge on any atom is 0.247 e. The topological polar surface area (TPSA) is 73.2 Å². The maximum absolute atomic E-state index is 14.8. The third kappa shape index (κ3) is 5.42. The fraction of sp³-hybridized carbons (Fsp3) is 0.179. The van der Waals surface area contributed by atoms with E-state index in [4.69, 9.17) is 11.6 Å². The summed E-state index contributed by atoms with van der Waals surface area (Å²) >= 11 is 5.94. The van der Waals surface area contributed by atoms with Crippen molar-refractivity contribution < 1.29 is 14.0 Å². The van der Waals surface area contributed by atoms with Crippen LogP contribution in [0.1, 0.15) is 28.7 Å². The zero-order chi connectivity index (χ0) is 24.9. The van der Waals surface area contributed by atoms with E-state index >= 15 is 0 Å². The molecule has 0 spiro atoms. The lowest BCUT2D eigenvalue weighted by atomic mass is 9.93. The molecule has 3 aromatic carbocycles. The Bertz CT molecular complexity index is 1330. The van der Waals surface area contributed by atoms with Gasteiger partial charge in [0.15, 0.2) is 5.82 Å². The second-order valence-electron chi connectivity index (χ2n) is 8.41. The van der Waals surface area contributed by atoms with E-state index in [0.717, 1.165) is 11.1 Å². The molecule has 7 heteroatoms. The summed E-state index contributed by atoms with van der Waals surface area (Å²) in [5, 5.41) is 12.2.